The Hall–Kier alpha value is -2.42. The second-order valence-corrected chi connectivity index (χ2v) is 8.51. The Bertz CT molecular complexity index is 1200. The zero-order valence-corrected chi connectivity index (χ0v) is 18.4. The van der Waals surface area contributed by atoms with Gasteiger partial charge in [0.25, 0.3) is 5.56 Å². The summed E-state index contributed by atoms with van der Waals surface area (Å²) < 4.78 is 10.3. The van der Waals surface area contributed by atoms with Crippen LogP contribution in [0, 0.1) is 0 Å². The van der Waals surface area contributed by atoms with Gasteiger partial charge in [-0.3, -0.25) is 18.8 Å². The number of nitrogens with zero attached hydrogens (tertiary/aromatic N) is 5. The third-order valence-electron chi connectivity index (χ3n) is 5.52. The molecule has 4 rings (SSSR count). The molecule has 3 heterocycles. The van der Waals surface area contributed by atoms with Crippen molar-refractivity contribution in [1.82, 2.24) is 23.6 Å². The maximum Gasteiger partial charge on any atom is 0.332 e. The zero-order chi connectivity index (χ0) is 21.6. The molecule has 8 nitrogen and oxygen atoms in total. The molecule has 1 aromatic carbocycles. The lowest BCUT2D eigenvalue weighted by molar-refractivity contribution is -0.0712. The number of ether oxygens (including phenoxy) is 1. The molecule has 1 aliphatic rings. The summed E-state index contributed by atoms with van der Waals surface area (Å²) in [6, 6.07) is 7.54. The van der Waals surface area contributed by atoms with E-state index in [0.717, 1.165) is 29.0 Å². The predicted molar refractivity (Wildman–Crippen MR) is 116 cm³/mol. The van der Waals surface area contributed by atoms with Crippen LogP contribution < -0.4 is 11.2 Å². The molecule has 0 saturated carbocycles. The van der Waals surface area contributed by atoms with E-state index in [4.69, 9.17) is 21.3 Å². The first kappa shape index (κ1) is 20.8. The normalized spacial score (nSPS) is 20.2. The maximum absolute atomic E-state index is 13.0. The summed E-state index contributed by atoms with van der Waals surface area (Å²) in [5.41, 5.74) is 1.04. The molecule has 9 heteroatoms. The lowest BCUT2D eigenvalue weighted by Crippen LogP contribution is -2.45. The number of aryl methyl sites for hydroxylation is 1. The molecule has 3 aromatic rings. The number of imidazole rings is 1. The Morgan fingerprint density at radius 3 is 2.47 bits per heavy atom. The van der Waals surface area contributed by atoms with Crippen molar-refractivity contribution in [1.29, 1.82) is 0 Å². The Morgan fingerprint density at radius 2 is 1.80 bits per heavy atom. The van der Waals surface area contributed by atoms with Gasteiger partial charge in [-0.1, -0.05) is 23.7 Å². The van der Waals surface area contributed by atoms with Gasteiger partial charge < -0.3 is 9.30 Å². The van der Waals surface area contributed by atoms with Gasteiger partial charge >= 0.3 is 5.69 Å². The topological polar surface area (TPSA) is 74.3 Å². The second kappa shape index (κ2) is 8.02. The van der Waals surface area contributed by atoms with Gasteiger partial charge in [-0.15, -0.1) is 0 Å². The SMILES string of the molecule is C[C@@H]1CN(Cc2nc3c(c(=O)n(C)c(=O)n3C)n2Cc2cccc(Cl)c2)C[C@@H](C)O1. The van der Waals surface area contributed by atoms with Crippen LogP contribution in [-0.2, 0) is 31.9 Å². The van der Waals surface area contributed by atoms with Gasteiger partial charge in [-0.05, 0) is 31.5 Å². The van der Waals surface area contributed by atoms with Crippen LogP contribution in [0.3, 0.4) is 0 Å². The molecule has 0 unspecified atom stereocenters. The van der Waals surface area contributed by atoms with E-state index < -0.39 is 0 Å². The number of rotatable bonds is 4. The molecule has 0 spiro atoms. The quantitative estimate of drug-likeness (QED) is 0.629. The average Bonchev–Trinajstić information content (AvgIpc) is 3.02. The molecule has 30 heavy (non-hydrogen) atoms. The number of morpholine rings is 1. The van der Waals surface area contributed by atoms with Crippen LogP contribution >= 0.6 is 11.6 Å². The van der Waals surface area contributed by atoms with Crippen LogP contribution in [-0.4, -0.2) is 48.9 Å². The fourth-order valence-electron chi connectivity index (χ4n) is 4.21. The minimum Gasteiger partial charge on any atom is -0.373 e. The fourth-order valence-corrected chi connectivity index (χ4v) is 4.43. The highest BCUT2D eigenvalue weighted by Gasteiger charge is 2.26. The number of hydrogen-bond acceptors (Lipinski definition) is 5. The van der Waals surface area contributed by atoms with Gasteiger partial charge in [0.2, 0.25) is 0 Å². The lowest BCUT2D eigenvalue weighted by atomic mass is 10.2. The summed E-state index contributed by atoms with van der Waals surface area (Å²) in [6.07, 6.45) is 0.244. The molecule has 0 amide bonds. The van der Waals surface area contributed by atoms with E-state index in [1.165, 1.54) is 11.6 Å². The number of benzene rings is 1. The highest BCUT2D eigenvalue weighted by atomic mass is 35.5. The van der Waals surface area contributed by atoms with E-state index in [2.05, 4.69) is 18.7 Å². The van der Waals surface area contributed by atoms with Crippen molar-refractivity contribution in [2.24, 2.45) is 14.1 Å². The third-order valence-corrected chi connectivity index (χ3v) is 5.75. The van der Waals surface area contributed by atoms with Crippen LogP contribution in [0.4, 0.5) is 0 Å². The molecule has 1 aliphatic heterocycles. The molecule has 1 saturated heterocycles. The molecule has 0 aliphatic carbocycles. The Kier molecular flexibility index (Phi) is 5.57. The van der Waals surface area contributed by atoms with Crippen molar-refractivity contribution >= 4 is 22.8 Å². The highest BCUT2D eigenvalue weighted by molar-refractivity contribution is 6.30. The molecule has 2 atom stereocenters. The van der Waals surface area contributed by atoms with Gasteiger partial charge in [0.15, 0.2) is 11.2 Å². The van der Waals surface area contributed by atoms with Crippen LogP contribution in [0.2, 0.25) is 5.02 Å². The predicted octanol–water partition coefficient (Wildman–Crippen LogP) is 1.74. The summed E-state index contributed by atoms with van der Waals surface area (Å²) in [4.78, 5) is 32.5. The van der Waals surface area contributed by atoms with Crippen molar-refractivity contribution < 1.29 is 4.74 Å². The van der Waals surface area contributed by atoms with E-state index in [9.17, 15) is 9.59 Å². The third kappa shape index (κ3) is 3.82. The van der Waals surface area contributed by atoms with Crippen LogP contribution in [0.5, 0.6) is 0 Å². The first-order chi connectivity index (χ1) is 14.2. The number of hydrogen-bond donors (Lipinski definition) is 0. The van der Waals surface area contributed by atoms with Crippen LogP contribution in [0.1, 0.15) is 25.2 Å². The van der Waals surface area contributed by atoms with Crippen LogP contribution in [0.15, 0.2) is 33.9 Å². The Morgan fingerprint density at radius 1 is 1.10 bits per heavy atom. The molecule has 1 fully saturated rings. The Labute approximate surface area is 179 Å². The Balaban J connectivity index is 1.86. The van der Waals surface area contributed by atoms with Crippen molar-refractivity contribution in [3.63, 3.8) is 0 Å². The lowest BCUT2D eigenvalue weighted by Gasteiger charge is -2.35. The molecule has 0 N–H and O–H groups in total. The molecule has 0 bridgehead atoms. The van der Waals surface area contributed by atoms with Gasteiger partial charge in [-0.25, -0.2) is 9.78 Å². The van der Waals surface area contributed by atoms with Crippen LogP contribution in [0.25, 0.3) is 11.2 Å². The second-order valence-electron chi connectivity index (χ2n) is 8.07. The molecular formula is C21H26ClN5O3. The standard InChI is InChI=1S/C21H26ClN5O3/c1-13-9-26(10-14(2)30-13)12-17-23-19-18(20(28)25(4)21(29)24(19)3)27(17)11-15-6-5-7-16(22)8-15/h5-8,13-14H,9-12H2,1-4H3/t13-,14-/m1/s1. The summed E-state index contributed by atoms with van der Waals surface area (Å²) >= 11 is 6.17. The summed E-state index contributed by atoms with van der Waals surface area (Å²) in [7, 11) is 3.13. The molecule has 2 aromatic heterocycles. The van der Waals surface area contributed by atoms with E-state index in [1.54, 1.807) is 7.05 Å². The summed E-state index contributed by atoms with van der Waals surface area (Å²) in [5.74, 6) is 0.740. The first-order valence-electron chi connectivity index (χ1n) is 10.0. The molecule has 160 valence electrons. The van der Waals surface area contributed by atoms with Crippen molar-refractivity contribution in [2.75, 3.05) is 13.1 Å². The number of aromatic nitrogens is 4. The van der Waals surface area contributed by atoms with Crippen molar-refractivity contribution in [3.05, 3.63) is 61.5 Å². The van der Waals surface area contributed by atoms with Gasteiger partial charge in [0.1, 0.15) is 5.82 Å². The zero-order valence-electron chi connectivity index (χ0n) is 17.6. The molecule has 0 radical (unpaired) electrons. The van der Waals surface area contributed by atoms with Crippen molar-refractivity contribution in [3.8, 4) is 0 Å². The van der Waals surface area contributed by atoms with Crippen molar-refractivity contribution in [2.45, 2.75) is 39.1 Å². The number of halogens is 1. The monoisotopic (exact) mass is 431 g/mol. The largest absolute Gasteiger partial charge is 0.373 e. The highest BCUT2D eigenvalue weighted by Crippen LogP contribution is 2.20. The van der Waals surface area contributed by atoms with E-state index in [0.29, 0.717) is 29.3 Å². The van der Waals surface area contributed by atoms with Gasteiger partial charge in [0, 0.05) is 38.8 Å². The summed E-state index contributed by atoms with van der Waals surface area (Å²) in [6.45, 7) is 6.66. The average molecular weight is 432 g/mol. The summed E-state index contributed by atoms with van der Waals surface area (Å²) in [5, 5.41) is 0.634. The minimum absolute atomic E-state index is 0.122. The minimum atomic E-state index is -0.389. The maximum atomic E-state index is 13.0. The first-order valence-corrected chi connectivity index (χ1v) is 10.4. The van der Waals surface area contributed by atoms with E-state index >= 15 is 0 Å². The van der Waals surface area contributed by atoms with E-state index in [1.807, 2.05) is 28.8 Å². The smallest absolute Gasteiger partial charge is 0.332 e. The number of fused-ring (bicyclic) bond motifs is 1. The van der Waals surface area contributed by atoms with Gasteiger partial charge in [-0.2, -0.15) is 0 Å². The van der Waals surface area contributed by atoms with Gasteiger partial charge in [0.05, 0.1) is 18.8 Å². The van der Waals surface area contributed by atoms with E-state index in [-0.39, 0.29) is 23.5 Å². The molecular weight excluding hydrogens is 406 g/mol. The fraction of sp³-hybridized carbons (Fsp3) is 0.476.